The van der Waals surface area contributed by atoms with Gasteiger partial charge in [-0.2, -0.15) is 4.39 Å². The van der Waals surface area contributed by atoms with Crippen molar-refractivity contribution in [1.29, 1.82) is 0 Å². The summed E-state index contributed by atoms with van der Waals surface area (Å²) in [6, 6.07) is 9.27. The van der Waals surface area contributed by atoms with Crippen molar-refractivity contribution in [2.24, 2.45) is 11.8 Å². The topological polar surface area (TPSA) is 133 Å². The minimum atomic E-state index is -4.31. The second-order valence-electron chi connectivity index (χ2n) is 12.1. The summed E-state index contributed by atoms with van der Waals surface area (Å²) in [4.78, 5) is 41.8. The molecule has 4 fully saturated rings. The number of halogens is 3. The van der Waals surface area contributed by atoms with E-state index in [9.17, 15) is 32.3 Å². The number of nitrogens with one attached hydrogen (secondary N) is 2. The molecule has 9 nitrogen and oxygen atoms in total. The zero-order chi connectivity index (χ0) is 31.6. The van der Waals surface area contributed by atoms with Crippen molar-refractivity contribution < 1.29 is 41.1 Å². The van der Waals surface area contributed by atoms with E-state index in [-0.39, 0.29) is 36.3 Å². The molecule has 3 aliphatic heterocycles. The van der Waals surface area contributed by atoms with Gasteiger partial charge < -0.3 is 20.6 Å². The number of aliphatic hydroxyl groups is 1. The van der Waals surface area contributed by atoms with Crippen molar-refractivity contribution in [1.82, 2.24) is 15.5 Å². The van der Waals surface area contributed by atoms with Crippen molar-refractivity contribution in [3.05, 3.63) is 70.9 Å². The summed E-state index contributed by atoms with van der Waals surface area (Å²) in [6.07, 6.45) is 0.872. The van der Waals surface area contributed by atoms with Crippen LogP contribution < -0.4 is 10.6 Å². The Morgan fingerprint density at radius 3 is 2.25 bits per heavy atom. The Morgan fingerprint density at radius 2 is 1.70 bits per heavy atom. The first-order valence-electron chi connectivity index (χ1n) is 14.5. The number of benzene rings is 2. The van der Waals surface area contributed by atoms with Gasteiger partial charge in [-0.3, -0.25) is 14.4 Å². The van der Waals surface area contributed by atoms with Gasteiger partial charge in [0, 0.05) is 42.3 Å². The maximum Gasteiger partial charge on any atom is 0.264 e. The van der Waals surface area contributed by atoms with Crippen LogP contribution in [0.1, 0.15) is 43.2 Å². The van der Waals surface area contributed by atoms with E-state index in [0.29, 0.717) is 36.4 Å². The molecule has 234 valence electrons. The van der Waals surface area contributed by atoms with E-state index in [4.69, 9.17) is 0 Å². The van der Waals surface area contributed by atoms with Crippen LogP contribution in [-0.2, 0) is 29.8 Å². The number of rotatable bonds is 7. The molecule has 2 aliphatic carbocycles. The number of carbonyl (C=O) groups excluding carboxylic acids is 3. The highest BCUT2D eigenvalue weighted by Crippen LogP contribution is 2.53. The second-order valence-corrected chi connectivity index (χ2v) is 14.1. The lowest BCUT2D eigenvalue weighted by molar-refractivity contribution is -0.201. The molecule has 0 unspecified atom stereocenters. The number of carbonyl (C=O) groups is 3. The van der Waals surface area contributed by atoms with Crippen LogP contribution in [0.3, 0.4) is 0 Å². The summed E-state index contributed by atoms with van der Waals surface area (Å²) in [6.45, 7) is 0.338. The third-order valence-corrected chi connectivity index (χ3v) is 10.2. The molecule has 13 heteroatoms. The Labute approximate surface area is 252 Å². The Hall–Kier alpha value is -3.71. The van der Waals surface area contributed by atoms with Crippen LogP contribution in [0.25, 0.3) is 11.1 Å². The van der Waals surface area contributed by atoms with Gasteiger partial charge >= 0.3 is 0 Å². The van der Waals surface area contributed by atoms with E-state index in [0.717, 1.165) is 4.90 Å². The maximum atomic E-state index is 15.4. The highest BCUT2D eigenvalue weighted by molar-refractivity contribution is 7.94. The van der Waals surface area contributed by atoms with Gasteiger partial charge in [-0.15, -0.1) is 0 Å². The van der Waals surface area contributed by atoms with Crippen molar-refractivity contribution in [2.45, 2.75) is 61.8 Å². The fraction of sp³-hybridized carbons (Fsp3) is 0.452. The number of nitrogens with zero attached hydrogens (tertiary/aromatic N) is 1. The molecular formula is C31H32F3N3O6S. The SMILES string of the molecule is CS(=O)(=O)/C(F)=C/[C@H](C[C@H]1CCNC1=O)NC(=O)[C@@H]1[C@H]2CC[C@H](CC2(F)F)N1C(=O)C1(O)c2ccccc2-c2ccccc21. The van der Waals surface area contributed by atoms with Gasteiger partial charge in [-0.05, 0) is 42.9 Å². The van der Waals surface area contributed by atoms with Crippen molar-refractivity contribution in [3.63, 3.8) is 0 Å². The predicted molar refractivity (Wildman–Crippen MR) is 153 cm³/mol. The van der Waals surface area contributed by atoms with Crippen molar-refractivity contribution in [2.75, 3.05) is 12.8 Å². The van der Waals surface area contributed by atoms with E-state index >= 15 is 8.78 Å². The molecule has 0 spiro atoms. The molecule has 2 aromatic carbocycles. The lowest BCUT2D eigenvalue weighted by atomic mass is 9.70. The van der Waals surface area contributed by atoms with Gasteiger partial charge in [0.2, 0.25) is 26.8 Å². The third-order valence-electron chi connectivity index (χ3n) is 9.39. The average Bonchev–Trinajstić information content (AvgIpc) is 3.50. The molecular weight excluding hydrogens is 599 g/mol. The van der Waals surface area contributed by atoms with Crippen LogP contribution in [0, 0.1) is 11.8 Å². The summed E-state index contributed by atoms with van der Waals surface area (Å²) >= 11 is 0. The third kappa shape index (κ3) is 4.90. The van der Waals surface area contributed by atoms with Gasteiger partial charge in [0.15, 0.2) is 5.60 Å². The average molecular weight is 632 g/mol. The van der Waals surface area contributed by atoms with Gasteiger partial charge in [-0.25, -0.2) is 17.2 Å². The van der Waals surface area contributed by atoms with E-state index in [2.05, 4.69) is 10.6 Å². The molecule has 2 aromatic rings. The van der Waals surface area contributed by atoms with Crippen LogP contribution >= 0.6 is 0 Å². The maximum absolute atomic E-state index is 15.4. The molecule has 44 heavy (non-hydrogen) atoms. The first kappa shape index (κ1) is 30.3. The van der Waals surface area contributed by atoms with Crippen LogP contribution in [0.4, 0.5) is 13.2 Å². The lowest BCUT2D eigenvalue weighted by Crippen LogP contribution is -2.70. The van der Waals surface area contributed by atoms with Crippen LogP contribution in [-0.4, -0.2) is 73.0 Å². The minimum absolute atomic E-state index is 0.0750. The number of hydrogen-bond acceptors (Lipinski definition) is 6. The molecule has 7 rings (SSSR count). The van der Waals surface area contributed by atoms with E-state index in [1.54, 1.807) is 48.5 Å². The standard InChI is InChI=1S/C31H32F3N3O6S/c1-44(42,43)25(32)15-18(14-17-12-13-35-27(17)38)36-28(39)26-24-11-10-19(16-30(24,33)34)37(26)29(40)31(41)22-8-4-2-6-20(22)21-7-3-5-9-23(21)31/h2-9,15,17-19,24,26,41H,10-14,16H2,1H3,(H,35,38)(H,36,39)/b25-15+/t17-,18+,19-,24-,26+/m1/s1. The molecule has 0 aromatic heterocycles. The van der Waals surface area contributed by atoms with Crippen molar-refractivity contribution in [3.8, 4) is 11.1 Å². The molecule has 1 saturated carbocycles. The number of sulfone groups is 1. The van der Waals surface area contributed by atoms with Crippen LogP contribution in [0.15, 0.2) is 59.8 Å². The van der Waals surface area contributed by atoms with Gasteiger partial charge in [0.1, 0.15) is 6.04 Å². The summed E-state index contributed by atoms with van der Waals surface area (Å²) in [7, 11) is -4.31. The normalized spacial score (nSPS) is 27.3. The number of amides is 3. The highest BCUT2D eigenvalue weighted by atomic mass is 32.2. The minimum Gasteiger partial charge on any atom is -0.372 e. The Morgan fingerprint density at radius 1 is 1.09 bits per heavy atom. The van der Waals surface area contributed by atoms with E-state index in [1.165, 1.54) is 0 Å². The number of hydrogen-bond donors (Lipinski definition) is 3. The molecule has 0 radical (unpaired) electrons. The largest absolute Gasteiger partial charge is 0.372 e. The second kappa shape index (κ2) is 10.7. The molecule has 3 saturated heterocycles. The van der Waals surface area contributed by atoms with E-state index < -0.39 is 74.7 Å². The first-order chi connectivity index (χ1) is 20.7. The predicted octanol–water partition coefficient (Wildman–Crippen LogP) is 2.78. The highest BCUT2D eigenvalue weighted by Gasteiger charge is 2.63. The van der Waals surface area contributed by atoms with Gasteiger partial charge in [-0.1, -0.05) is 48.5 Å². The Bertz CT molecular complexity index is 1630. The summed E-state index contributed by atoms with van der Waals surface area (Å²) in [5.41, 5.74) is -0.529. The molecule has 5 aliphatic rings. The number of piperidine rings is 2. The lowest BCUT2D eigenvalue weighted by Gasteiger charge is -2.55. The van der Waals surface area contributed by atoms with E-state index in [1.807, 2.05) is 0 Å². The molecule has 3 amide bonds. The summed E-state index contributed by atoms with van der Waals surface area (Å²) in [5, 5.41) is 15.8. The fourth-order valence-corrected chi connectivity index (χ4v) is 7.73. The van der Waals surface area contributed by atoms with Crippen molar-refractivity contribution >= 4 is 27.6 Å². The molecule has 2 bridgehead atoms. The number of fused-ring (bicyclic) bond motifs is 6. The first-order valence-corrected chi connectivity index (χ1v) is 16.4. The molecule has 3 N–H and O–H groups in total. The zero-order valence-electron chi connectivity index (χ0n) is 23.8. The smallest absolute Gasteiger partial charge is 0.264 e. The van der Waals surface area contributed by atoms with Gasteiger partial charge in [0.05, 0.1) is 12.0 Å². The Kier molecular flexibility index (Phi) is 7.39. The summed E-state index contributed by atoms with van der Waals surface area (Å²) < 4.78 is 69.1. The number of alkyl halides is 2. The zero-order valence-corrected chi connectivity index (χ0v) is 24.6. The van der Waals surface area contributed by atoms with Crippen LogP contribution in [0.5, 0.6) is 0 Å². The quantitative estimate of drug-likeness (QED) is 0.431. The Balaban J connectivity index is 1.39. The van der Waals surface area contributed by atoms with Gasteiger partial charge in [0.25, 0.3) is 11.8 Å². The molecule has 3 heterocycles. The molecule has 5 atom stereocenters. The van der Waals surface area contributed by atoms with Crippen LogP contribution in [0.2, 0.25) is 0 Å². The monoisotopic (exact) mass is 631 g/mol. The fourth-order valence-electron chi connectivity index (χ4n) is 7.32. The summed E-state index contributed by atoms with van der Waals surface area (Å²) in [5.74, 6) is -7.94.